The minimum Gasteiger partial charge on any atom is -0.451 e. The lowest BCUT2D eigenvalue weighted by atomic mass is 9.88. The van der Waals surface area contributed by atoms with Crippen molar-refractivity contribution < 1.29 is 28.3 Å². The van der Waals surface area contributed by atoms with Crippen LogP contribution in [0.4, 0.5) is 14.9 Å². The molecule has 0 aliphatic carbocycles. The monoisotopic (exact) mass is 421 g/mol. The number of hydrogen-bond acceptors (Lipinski definition) is 5. The van der Waals surface area contributed by atoms with E-state index in [1.165, 1.54) is 19.1 Å². The maximum Gasteiger partial charge on any atom is 0.327 e. The van der Waals surface area contributed by atoms with Crippen LogP contribution in [-0.2, 0) is 19.1 Å². The van der Waals surface area contributed by atoms with Crippen molar-refractivity contribution in [2.75, 3.05) is 11.9 Å². The summed E-state index contributed by atoms with van der Waals surface area (Å²) in [6.07, 6.45) is 1.15. The molecule has 2 N–H and O–H groups in total. The first-order chi connectivity index (χ1) is 14.1. The van der Waals surface area contributed by atoms with E-state index in [2.05, 4.69) is 10.6 Å². The molecule has 0 saturated carbocycles. The van der Waals surface area contributed by atoms with E-state index in [-0.39, 0.29) is 5.69 Å². The van der Waals surface area contributed by atoms with E-state index in [4.69, 9.17) is 4.74 Å². The molecular weight excluding hydrogens is 393 g/mol. The summed E-state index contributed by atoms with van der Waals surface area (Å²) in [4.78, 5) is 50.4. The molecule has 0 aromatic heterocycles. The lowest BCUT2D eigenvalue weighted by Gasteiger charge is -2.25. The zero-order valence-electron chi connectivity index (χ0n) is 17.7. The van der Waals surface area contributed by atoms with Gasteiger partial charge in [0.05, 0.1) is 0 Å². The minimum absolute atomic E-state index is 0.226. The molecule has 0 bridgehead atoms. The highest BCUT2D eigenvalue weighted by Crippen LogP contribution is 2.28. The smallest absolute Gasteiger partial charge is 0.327 e. The first kappa shape index (κ1) is 23.3. The number of ether oxygens (including phenoxy) is 1. The third-order valence-corrected chi connectivity index (χ3v) is 5.00. The lowest BCUT2D eigenvalue weighted by molar-refractivity contribution is -0.155. The van der Waals surface area contributed by atoms with Crippen molar-refractivity contribution in [3.05, 3.63) is 29.6 Å². The molecule has 1 saturated heterocycles. The number of esters is 1. The molecule has 164 valence electrons. The van der Waals surface area contributed by atoms with Gasteiger partial charge in [-0.25, -0.2) is 9.18 Å². The molecule has 30 heavy (non-hydrogen) atoms. The van der Waals surface area contributed by atoms with Crippen LogP contribution in [0.25, 0.3) is 0 Å². The van der Waals surface area contributed by atoms with Gasteiger partial charge in [-0.05, 0) is 44.4 Å². The number of benzene rings is 1. The summed E-state index contributed by atoms with van der Waals surface area (Å²) in [6.45, 7) is 6.18. The molecule has 1 atom stereocenters. The topological polar surface area (TPSA) is 105 Å². The van der Waals surface area contributed by atoms with Crippen molar-refractivity contribution in [3.63, 3.8) is 0 Å². The molecule has 8 nitrogen and oxygen atoms in total. The van der Waals surface area contributed by atoms with Crippen LogP contribution in [-0.4, -0.2) is 46.9 Å². The van der Waals surface area contributed by atoms with Crippen molar-refractivity contribution in [3.8, 4) is 0 Å². The Bertz CT molecular complexity index is 836. The highest BCUT2D eigenvalue weighted by molar-refractivity contribution is 6.08. The molecule has 1 heterocycles. The van der Waals surface area contributed by atoms with E-state index < -0.39 is 47.8 Å². The molecule has 0 radical (unpaired) electrons. The zero-order valence-corrected chi connectivity index (χ0v) is 17.7. The van der Waals surface area contributed by atoms with Gasteiger partial charge >= 0.3 is 12.0 Å². The van der Waals surface area contributed by atoms with Gasteiger partial charge in [-0.3, -0.25) is 19.3 Å². The van der Waals surface area contributed by atoms with Crippen LogP contribution in [0.15, 0.2) is 18.2 Å². The lowest BCUT2D eigenvalue weighted by Crippen LogP contribution is -2.47. The van der Waals surface area contributed by atoms with Crippen molar-refractivity contribution in [2.45, 2.75) is 65.0 Å². The predicted octanol–water partition coefficient (Wildman–Crippen LogP) is 2.90. The fourth-order valence-corrected chi connectivity index (χ4v) is 3.47. The second-order valence-corrected chi connectivity index (χ2v) is 7.49. The Hall–Kier alpha value is -2.97. The summed E-state index contributed by atoms with van der Waals surface area (Å²) in [5.74, 6) is -2.48. The number of anilines is 1. The fraction of sp³-hybridized carbons (Fsp3) is 0.524. The Morgan fingerprint density at radius 1 is 1.23 bits per heavy atom. The molecule has 1 fully saturated rings. The average molecular weight is 421 g/mol. The average Bonchev–Trinajstić information content (AvgIpc) is 2.89. The van der Waals surface area contributed by atoms with Crippen LogP contribution in [0, 0.1) is 12.7 Å². The maximum atomic E-state index is 13.6. The summed E-state index contributed by atoms with van der Waals surface area (Å²) < 4.78 is 18.7. The standard InChI is InChI=1S/C21H28FN3O5/c1-5-9-21(10-6-2)19(28)25(20(29)24-21)12-17(26)30-14(4)18(27)23-15-8-7-13(3)16(22)11-15/h7-8,11,14H,5-6,9-10,12H2,1-4H3,(H,23,27)(H,24,29)/t14-/m1/s1. The summed E-state index contributed by atoms with van der Waals surface area (Å²) in [5, 5.41) is 5.16. The van der Waals surface area contributed by atoms with E-state index in [1.54, 1.807) is 6.92 Å². The highest BCUT2D eigenvalue weighted by atomic mass is 19.1. The molecule has 4 amide bonds. The Morgan fingerprint density at radius 2 is 1.87 bits per heavy atom. The number of amides is 4. The van der Waals surface area contributed by atoms with Gasteiger partial charge in [-0.2, -0.15) is 0 Å². The Kier molecular flexibility index (Phi) is 7.53. The molecule has 0 spiro atoms. The van der Waals surface area contributed by atoms with Gasteiger partial charge in [0, 0.05) is 5.69 Å². The Balaban J connectivity index is 1.97. The maximum absolute atomic E-state index is 13.6. The summed E-state index contributed by atoms with van der Waals surface area (Å²) in [7, 11) is 0. The van der Waals surface area contributed by atoms with Crippen molar-refractivity contribution in [1.82, 2.24) is 10.2 Å². The number of rotatable bonds is 9. The molecule has 1 aliphatic heterocycles. The van der Waals surface area contributed by atoms with Crippen LogP contribution in [0.5, 0.6) is 0 Å². The van der Waals surface area contributed by atoms with Gasteiger partial charge in [-0.15, -0.1) is 0 Å². The number of aryl methyl sites for hydroxylation is 1. The van der Waals surface area contributed by atoms with Crippen molar-refractivity contribution in [2.24, 2.45) is 0 Å². The van der Waals surface area contributed by atoms with Gasteiger partial charge < -0.3 is 15.4 Å². The third kappa shape index (κ3) is 5.14. The molecule has 1 aromatic carbocycles. The largest absolute Gasteiger partial charge is 0.451 e. The third-order valence-electron chi connectivity index (χ3n) is 5.00. The number of imide groups is 1. The van der Waals surface area contributed by atoms with E-state index in [0.717, 1.165) is 11.0 Å². The molecule has 0 unspecified atom stereocenters. The van der Waals surface area contributed by atoms with Crippen LogP contribution < -0.4 is 10.6 Å². The van der Waals surface area contributed by atoms with Gasteiger partial charge in [0.25, 0.3) is 11.8 Å². The number of hydrogen-bond donors (Lipinski definition) is 2. The van der Waals surface area contributed by atoms with Gasteiger partial charge in [0.2, 0.25) is 0 Å². The molecule has 1 aliphatic rings. The SMILES string of the molecule is CCCC1(CCC)NC(=O)N(CC(=O)O[C@H](C)C(=O)Nc2ccc(C)c(F)c2)C1=O. The quantitative estimate of drug-likeness (QED) is 0.471. The number of nitrogens with zero attached hydrogens (tertiary/aromatic N) is 1. The predicted molar refractivity (Wildman–Crippen MR) is 108 cm³/mol. The van der Waals surface area contributed by atoms with Gasteiger partial charge in [0.1, 0.15) is 17.9 Å². The second-order valence-electron chi connectivity index (χ2n) is 7.49. The fourth-order valence-electron chi connectivity index (χ4n) is 3.47. The second kappa shape index (κ2) is 9.69. The van der Waals surface area contributed by atoms with Crippen molar-refractivity contribution in [1.29, 1.82) is 0 Å². The molecule has 9 heteroatoms. The van der Waals surface area contributed by atoms with Crippen molar-refractivity contribution >= 4 is 29.5 Å². The van der Waals surface area contributed by atoms with E-state index in [9.17, 15) is 23.6 Å². The van der Waals surface area contributed by atoms with E-state index in [0.29, 0.717) is 31.2 Å². The van der Waals surface area contributed by atoms with Gasteiger partial charge in [0.15, 0.2) is 6.10 Å². The molecule has 2 rings (SSSR count). The summed E-state index contributed by atoms with van der Waals surface area (Å²) in [6, 6.07) is 3.55. The van der Waals surface area contributed by atoms with Crippen LogP contribution >= 0.6 is 0 Å². The Labute approximate surface area is 175 Å². The number of urea groups is 1. The first-order valence-corrected chi connectivity index (χ1v) is 10.0. The minimum atomic E-state index is -1.20. The van der Waals surface area contributed by atoms with Crippen LogP contribution in [0.1, 0.15) is 52.0 Å². The highest BCUT2D eigenvalue weighted by Gasteiger charge is 2.50. The Morgan fingerprint density at radius 3 is 2.43 bits per heavy atom. The van der Waals surface area contributed by atoms with Crippen LogP contribution in [0.3, 0.4) is 0 Å². The number of carbonyl (C=O) groups excluding carboxylic acids is 4. The summed E-state index contributed by atoms with van der Waals surface area (Å²) >= 11 is 0. The van der Waals surface area contributed by atoms with E-state index in [1.807, 2.05) is 13.8 Å². The van der Waals surface area contributed by atoms with Gasteiger partial charge in [-0.1, -0.05) is 32.8 Å². The van der Waals surface area contributed by atoms with E-state index >= 15 is 0 Å². The van der Waals surface area contributed by atoms with Crippen LogP contribution in [0.2, 0.25) is 0 Å². The zero-order chi connectivity index (χ0) is 22.5. The molecular formula is C21H28FN3O5. The summed E-state index contributed by atoms with van der Waals surface area (Å²) in [5.41, 5.74) is -0.341. The number of nitrogens with one attached hydrogen (secondary N) is 2. The molecule has 1 aromatic rings. The number of halogens is 1. The first-order valence-electron chi connectivity index (χ1n) is 10.0. The number of carbonyl (C=O) groups is 4. The normalized spacial score (nSPS) is 16.2.